The second kappa shape index (κ2) is 13.7. The van der Waals surface area contributed by atoms with Gasteiger partial charge in [0.1, 0.15) is 17.5 Å². The van der Waals surface area contributed by atoms with Crippen molar-refractivity contribution in [3.8, 4) is 5.75 Å². The molecule has 7 N–H and O–H groups in total. The SMILES string of the molecule is C[C@H](NP(=O)(Oc1ccccc1)OC1O[C@@H](n2cnc3c(N(C)NS(C)(=O)=O)nc(N)nc32)[C@](C)(O)C1O)C(=O)NCc1ccccc1. The van der Waals surface area contributed by atoms with Gasteiger partial charge < -0.3 is 30.5 Å². The van der Waals surface area contributed by atoms with Gasteiger partial charge in [0.05, 0.1) is 18.6 Å². The van der Waals surface area contributed by atoms with E-state index in [4.69, 9.17) is 19.5 Å². The number of fused-ring (bicyclic) bond motifs is 1. The van der Waals surface area contributed by atoms with Crippen molar-refractivity contribution in [3.63, 3.8) is 0 Å². The van der Waals surface area contributed by atoms with Gasteiger partial charge >= 0.3 is 7.75 Å². The van der Waals surface area contributed by atoms with Crippen molar-refractivity contribution in [2.24, 2.45) is 0 Å². The van der Waals surface area contributed by atoms with E-state index in [0.717, 1.165) is 16.8 Å². The van der Waals surface area contributed by atoms with Crippen molar-refractivity contribution >= 4 is 46.6 Å². The Balaban J connectivity index is 1.41. The number of nitrogen functional groups attached to an aromatic ring is 1. The Labute approximate surface area is 275 Å². The van der Waals surface area contributed by atoms with E-state index in [1.54, 1.807) is 18.2 Å². The fourth-order valence-corrected chi connectivity index (χ4v) is 7.04. The minimum absolute atomic E-state index is 0.00308. The fraction of sp³-hybridized carbons (Fsp3) is 0.357. The largest absolute Gasteiger partial charge is 0.461 e. The molecule has 4 aromatic rings. The number of nitrogens with two attached hydrogens (primary N) is 1. The summed E-state index contributed by atoms with van der Waals surface area (Å²) in [6.07, 6.45) is -2.92. The van der Waals surface area contributed by atoms with Crippen LogP contribution in [0.4, 0.5) is 11.8 Å². The minimum atomic E-state index is -4.54. The molecule has 0 saturated carbocycles. The molecule has 20 heteroatoms. The van der Waals surface area contributed by atoms with Crippen LogP contribution < -0.4 is 30.5 Å². The molecule has 0 radical (unpaired) electrons. The number of rotatable bonds is 13. The molecule has 1 saturated heterocycles. The first-order chi connectivity index (χ1) is 22.6. The molecule has 1 fully saturated rings. The third kappa shape index (κ3) is 7.91. The van der Waals surface area contributed by atoms with E-state index in [2.05, 4.69) is 30.2 Å². The Kier molecular flexibility index (Phi) is 10.0. The number of hydrazine groups is 1. The van der Waals surface area contributed by atoms with Gasteiger partial charge in [-0.1, -0.05) is 48.5 Å². The van der Waals surface area contributed by atoms with Crippen molar-refractivity contribution < 1.29 is 41.8 Å². The van der Waals surface area contributed by atoms with Crippen molar-refractivity contribution in [1.82, 2.24) is 34.8 Å². The van der Waals surface area contributed by atoms with Crippen LogP contribution in [-0.4, -0.2) is 81.4 Å². The summed E-state index contributed by atoms with van der Waals surface area (Å²) in [4.78, 5) is 27.7. The third-order valence-corrected chi connectivity index (χ3v) is 9.42. The molecule has 18 nitrogen and oxygen atoms in total. The molecular formula is C28H36N9O9PS. The van der Waals surface area contributed by atoms with Crippen LogP contribution in [0.1, 0.15) is 25.6 Å². The zero-order valence-corrected chi connectivity index (χ0v) is 28.0. The van der Waals surface area contributed by atoms with Gasteiger partial charge in [-0.3, -0.25) is 18.9 Å². The van der Waals surface area contributed by atoms with Crippen molar-refractivity contribution in [2.75, 3.05) is 24.0 Å². The predicted octanol–water partition coefficient (Wildman–Crippen LogP) is 0.774. The Bertz CT molecular complexity index is 1920. The third-order valence-electron chi connectivity index (χ3n) is 7.18. The molecular weight excluding hydrogens is 669 g/mol. The lowest BCUT2D eigenvalue weighted by atomic mass is 9.99. The van der Waals surface area contributed by atoms with Crippen LogP contribution in [0.3, 0.4) is 0 Å². The first-order valence-electron chi connectivity index (χ1n) is 14.5. The number of nitrogens with one attached hydrogen (secondary N) is 3. The topological polar surface area (TPSA) is 245 Å². The first-order valence-corrected chi connectivity index (χ1v) is 17.9. The van der Waals surface area contributed by atoms with Gasteiger partial charge in [0.25, 0.3) is 0 Å². The molecule has 1 amide bonds. The number of benzene rings is 2. The van der Waals surface area contributed by atoms with Crippen LogP contribution >= 0.6 is 7.75 Å². The highest BCUT2D eigenvalue weighted by Gasteiger charge is 2.56. The number of anilines is 2. The number of carbonyl (C=O) groups excluding carboxylic acids is 1. The van der Waals surface area contributed by atoms with Crippen LogP contribution in [-0.2, 0) is 35.2 Å². The number of aliphatic hydroxyl groups is 2. The van der Waals surface area contributed by atoms with Crippen LogP contribution in [0.5, 0.6) is 5.75 Å². The molecule has 6 atom stereocenters. The molecule has 3 heterocycles. The van der Waals surface area contributed by atoms with Crippen LogP contribution in [0.15, 0.2) is 67.0 Å². The smallest absolute Gasteiger partial charge is 0.413 e. The number of ether oxygens (including phenoxy) is 1. The van der Waals surface area contributed by atoms with Gasteiger partial charge in [0.2, 0.25) is 28.2 Å². The number of aliphatic hydroxyl groups excluding tert-OH is 1. The summed E-state index contributed by atoms with van der Waals surface area (Å²) >= 11 is 0. The number of hydrogen-bond donors (Lipinski definition) is 6. The Morgan fingerprint density at radius 2 is 1.83 bits per heavy atom. The first kappa shape index (κ1) is 35.1. The van der Waals surface area contributed by atoms with Crippen LogP contribution in [0.2, 0.25) is 0 Å². The van der Waals surface area contributed by atoms with Gasteiger partial charge in [-0.05, 0) is 31.5 Å². The van der Waals surface area contributed by atoms with E-state index in [1.807, 2.05) is 30.3 Å². The van der Waals surface area contributed by atoms with Crippen molar-refractivity contribution in [3.05, 3.63) is 72.6 Å². The number of hydrogen-bond acceptors (Lipinski definition) is 14. The van der Waals surface area contributed by atoms with Gasteiger partial charge in [0, 0.05) is 13.6 Å². The molecule has 2 aromatic heterocycles. The van der Waals surface area contributed by atoms with Crippen LogP contribution in [0.25, 0.3) is 11.2 Å². The van der Waals surface area contributed by atoms with Gasteiger partial charge in [-0.15, -0.1) is 4.83 Å². The lowest BCUT2D eigenvalue weighted by Gasteiger charge is -2.28. The molecule has 2 aromatic carbocycles. The quantitative estimate of drug-likeness (QED) is 0.0831. The summed E-state index contributed by atoms with van der Waals surface area (Å²) in [5.41, 5.74) is 4.71. The maximum absolute atomic E-state index is 14.2. The van der Waals surface area contributed by atoms with E-state index in [9.17, 15) is 28.0 Å². The zero-order chi connectivity index (χ0) is 34.9. The number of amides is 1. The highest BCUT2D eigenvalue weighted by Crippen LogP contribution is 2.51. The summed E-state index contributed by atoms with van der Waals surface area (Å²) in [6, 6.07) is 16.1. The van der Waals surface area contributed by atoms with Gasteiger partial charge in [-0.25, -0.2) is 18.0 Å². The average molecular weight is 706 g/mol. The highest BCUT2D eigenvalue weighted by molar-refractivity contribution is 7.88. The molecule has 1 aliphatic rings. The average Bonchev–Trinajstić information content (AvgIpc) is 3.52. The predicted molar refractivity (Wildman–Crippen MR) is 173 cm³/mol. The highest BCUT2D eigenvalue weighted by atomic mass is 32.2. The van der Waals surface area contributed by atoms with E-state index in [1.165, 1.54) is 43.9 Å². The zero-order valence-electron chi connectivity index (χ0n) is 26.3. The number of imidazole rings is 1. The molecule has 258 valence electrons. The molecule has 0 bridgehead atoms. The summed E-state index contributed by atoms with van der Waals surface area (Å²) in [5.74, 6) is -0.687. The summed E-state index contributed by atoms with van der Waals surface area (Å²) in [6.45, 7) is 2.90. The number of para-hydroxylation sites is 1. The monoisotopic (exact) mass is 705 g/mol. The number of aromatic nitrogens is 4. The second-order valence-corrected chi connectivity index (χ2v) is 14.6. The van der Waals surface area contributed by atoms with E-state index < -0.39 is 53.9 Å². The number of nitrogens with zero attached hydrogens (tertiary/aromatic N) is 5. The van der Waals surface area contributed by atoms with Crippen LogP contribution in [0, 0.1) is 0 Å². The normalized spacial score (nSPS) is 23.0. The number of carbonyl (C=O) groups is 1. The van der Waals surface area contributed by atoms with E-state index >= 15 is 0 Å². The van der Waals surface area contributed by atoms with E-state index in [-0.39, 0.29) is 35.2 Å². The molecule has 0 spiro atoms. The summed E-state index contributed by atoms with van der Waals surface area (Å²) in [5, 5.41) is 29.1. The summed E-state index contributed by atoms with van der Waals surface area (Å²) < 4.78 is 56.5. The maximum atomic E-state index is 14.2. The Morgan fingerprint density at radius 3 is 2.48 bits per heavy atom. The minimum Gasteiger partial charge on any atom is -0.413 e. The molecule has 3 unspecified atom stereocenters. The maximum Gasteiger partial charge on any atom is 0.461 e. The Morgan fingerprint density at radius 1 is 1.19 bits per heavy atom. The molecule has 1 aliphatic heterocycles. The number of sulfonamides is 1. The lowest BCUT2D eigenvalue weighted by molar-refractivity contribution is -0.131. The van der Waals surface area contributed by atoms with Gasteiger partial charge in [0.15, 0.2) is 23.2 Å². The molecule has 0 aliphatic carbocycles. The summed E-state index contributed by atoms with van der Waals surface area (Å²) in [7, 11) is -6.88. The molecule has 5 rings (SSSR count). The standard InChI is InChI=1S/C28H36N9O9PS/c1-17(24(39)30-15-18-11-7-5-8-12-18)34-47(41,45-19-13-9-6-10-14-19)46-25-21(38)28(2,40)26(44-25)37-16-31-20-22(32-27(29)33-23(20)37)36(3)35-48(4,42)43/h5-14,16-17,21,25-26,35,38,40H,15H2,1-4H3,(H,30,39)(H,34,41)(H2,29,32,33)/t17-,21?,25?,26+,28+,47?/m0/s1. The fourth-order valence-electron chi connectivity index (χ4n) is 4.88. The molecule has 48 heavy (non-hydrogen) atoms. The van der Waals surface area contributed by atoms with Crippen molar-refractivity contribution in [2.45, 2.75) is 50.7 Å². The van der Waals surface area contributed by atoms with Crippen molar-refractivity contribution in [1.29, 1.82) is 0 Å². The van der Waals surface area contributed by atoms with Gasteiger partial charge in [-0.2, -0.15) is 15.1 Å². The lowest BCUT2D eigenvalue weighted by Crippen LogP contribution is -2.45. The second-order valence-electron chi connectivity index (χ2n) is 11.2. The Hall–Kier alpha value is -4.20. The van der Waals surface area contributed by atoms with E-state index in [0.29, 0.717) is 0 Å².